The first-order chi connectivity index (χ1) is 6.74. The van der Waals surface area contributed by atoms with Crippen LogP contribution >= 0.6 is 12.6 Å². The molecule has 1 unspecified atom stereocenters. The van der Waals surface area contributed by atoms with Crippen molar-refractivity contribution in [1.29, 1.82) is 0 Å². The molecule has 76 valence electrons. The number of thiol groups is 1. The van der Waals surface area contributed by atoms with Gasteiger partial charge in [-0.05, 0) is 18.2 Å². The van der Waals surface area contributed by atoms with E-state index >= 15 is 0 Å². The Morgan fingerprint density at radius 3 is 2.71 bits per heavy atom. The summed E-state index contributed by atoms with van der Waals surface area (Å²) in [7, 11) is 0. The Kier molecular flexibility index (Phi) is 4.18. The average Bonchev–Trinajstić information content (AvgIpc) is 2.18. The highest BCUT2D eigenvalue weighted by Crippen LogP contribution is 2.03. The summed E-state index contributed by atoms with van der Waals surface area (Å²) in [6, 6.07) is 0.981. The third kappa shape index (κ3) is 3.21. The first-order valence-electron chi connectivity index (χ1n) is 4.11. The molecule has 0 aromatic carbocycles. The van der Waals surface area contributed by atoms with E-state index in [4.69, 9.17) is 5.11 Å². The summed E-state index contributed by atoms with van der Waals surface area (Å²) in [6.45, 7) is 0. The third-order valence-electron chi connectivity index (χ3n) is 1.58. The Balaban J connectivity index is 2.60. The molecule has 1 aromatic heterocycles. The Morgan fingerprint density at radius 1 is 1.57 bits per heavy atom. The summed E-state index contributed by atoms with van der Waals surface area (Å²) in [5.41, 5.74) is 0. The minimum atomic E-state index is -0.925. The monoisotopic (exact) mass is 213 g/mol. The average molecular weight is 213 g/mol. The Labute approximate surface area is 87.0 Å². The molecule has 1 atom stereocenters. The van der Waals surface area contributed by atoms with Crippen molar-refractivity contribution in [3.05, 3.63) is 18.5 Å². The Morgan fingerprint density at radius 2 is 2.21 bits per heavy atom. The molecule has 2 N–H and O–H groups in total. The fraction of sp³-hybridized carbons (Fsp3) is 0.375. The second-order valence-corrected chi connectivity index (χ2v) is 3.07. The predicted molar refractivity (Wildman–Crippen MR) is 55.5 cm³/mol. The second kappa shape index (κ2) is 5.43. The maximum Gasteiger partial charge on any atom is 0.326 e. The van der Waals surface area contributed by atoms with E-state index in [1.807, 2.05) is 0 Å². The molecule has 0 spiro atoms. The lowest BCUT2D eigenvalue weighted by Crippen LogP contribution is -2.30. The Bertz CT molecular complexity index is 294. The van der Waals surface area contributed by atoms with Crippen molar-refractivity contribution < 1.29 is 9.90 Å². The zero-order valence-corrected chi connectivity index (χ0v) is 8.32. The lowest BCUT2D eigenvalue weighted by atomic mass is 10.2. The van der Waals surface area contributed by atoms with Crippen LogP contribution in [-0.4, -0.2) is 32.8 Å². The molecule has 0 radical (unpaired) electrons. The number of rotatable bonds is 5. The number of hydrogen-bond acceptors (Lipinski definition) is 5. The van der Waals surface area contributed by atoms with Gasteiger partial charge in [0, 0.05) is 12.4 Å². The van der Waals surface area contributed by atoms with Gasteiger partial charge in [0.05, 0.1) is 0 Å². The van der Waals surface area contributed by atoms with Crippen molar-refractivity contribution in [2.75, 3.05) is 11.1 Å². The molecular formula is C8H11N3O2S. The van der Waals surface area contributed by atoms with Crippen LogP contribution in [0.3, 0.4) is 0 Å². The van der Waals surface area contributed by atoms with Gasteiger partial charge < -0.3 is 10.4 Å². The van der Waals surface area contributed by atoms with Gasteiger partial charge in [-0.2, -0.15) is 12.6 Å². The molecule has 0 saturated heterocycles. The highest BCUT2D eigenvalue weighted by Gasteiger charge is 2.16. The van der Waals surface area contributed by atoms with Crippen molar-refractivity contribution in [3.63, 3.8) is 0 Å². The molecule has 0 aliphatic carbocycles. The van der Waals surface area contributed by atoms with Gasteiger partial charge in [-0.25, -0.2) is 14.8 Å². The van der Waals surface area contributed by atoms with E-state index in [0.29, 0.717) is 18.1 Å². The molecule has 0 saturated carbocycles. The van der Waals surface area contributed by atoms with Crippen molar-refractivity contribution in [2.24, 2.45) is 0 Å². The lowest BCUT2D eigenvalue weighted by Gasteiger charge is -2.12. The van der Waals surface area contributed by atoms with Gasteiger partial charge >= 0.3 is 5.97 Å². The quantitative estimate of drug-likeness (QED) is 0.626. The number of carboxylic acids is 1. The summed E-state index contributed by atoms with van der Waals surface area (Å²) in [4.78, 5) is 18.5. The number of hydrogen-bond donors (Lipinski definition) is 3. The fourth-order valence-electron chi connectivity index (χ4n) is 0.916. The van der Waals surface area contributed by atoms with Crippen LogP contribution in [0.4, 0.5) is 5.95 Å². The van der Waals surface area contributed by atoms with Gasteiger partial charge in [-0.3, -0.25) is 0 Å². The molecule has 14 heavy (non-hydrogen) atoms. The van der Waals surface area contributed by atoms with E-state index < -0.39 is 12.0 Å². The molecule has 0 amide bonds. The Hall–Kier alpha value is -1.30. The minimum Gasteiger partial charge on any atom is -0.480 e. The number of nitrogens with one attached hydrogen (secondary N) is 1. The van der Waals surface area contributed by atoms with Crippen molar-refractivity contribution in [2.45, 2.75) is 12.5 Å². The summed E-state index contributed by atoms with van der Waals surface area (Å²) >= 11 is 3.98. The minimum absolute atomic E-state index is 0.321. The van der Waals surface area contributed by atoms with E-state index in [1.165, 1.54) is 0 Å². The van der Waals surface area contributed by atoms with Gasteiger partial charge in [0.15, 0.2) is 0 Å². The molecule has 0 aliphatic rings. The number of carboxylic acid groups (broad SMARTS) is 1. The lowest BCUT2D eigenvalue weighted by molar-refractivity contribution is -0.137. The fourth-order valence-corrected chi connectivity index (χ4v) is 1.17. The van der Waals surface area contributed by atoms with Gasteiger partial charge in [-0.1, -0.05) is 0 Å². The van der Waals surface area contributed by atoms with E-state index in [9.17, 15) is 4.79 Å². The number of anilines is 1. The standard InChI is InChI=1S/C8H11N3O2S/c12-7(13)6(2-5-14)11-8-9-3-1-4-10-8/h1,3-4,6,14H,2,5H2,(H,12,13)(H,9,10,11). The molecule has 5 nitrogen and oxygen atoms in total. The van der Waals surface area contributed by atoms with Crippen molar-refractivity contribution in [1.82, 2.24) is 9.97 Å². The number of aliphatic carboxylic acids is 1. The number of aromatic nitrogens is 2. The highest BCUT2D eigenvalue weighted by atomic mass is 32.1. The summed E-state index contributed by atoms with van der Waals surface area (Å²) < 4.78 is 0. The van der Waals surface area contributed by atoms with Crippen LogP contribution in [0.1, 0.15) is 6.42 Å². The molecule has 1 heterocycles. The van der Waals surface area contributed by atoms with E-state index in [2.05, 4.69) is 27.9 Å². The van der Waals surface area contributed by atoms with E-state index in [-0.39, 0.29) is 0 Å². The van der Waals surface area contributed by atoms with E-state index in [1.54, 1.807) is 18.5 Å². The van der Waals surface area contributed by atoms with Gasteiger partial charge in [0.1, 0.15) is 6.04 Å². The van der Waals surface area contributed by atoms with Gasteiger partial charge in [0.2, 0.25) is 5.95 Å². The zero-order valence-electron chi connectivity index (χ0n) is 7.42. The second-order valence-electron chi connectivity index (χ2n) is 2.62. The largest absolute Gasteiger partial charge is 0.480 e. The van der Waals surface area contributed by atoms with Crippen LogP contribution in [-0.2, 0) is 4.79 Å². The predicted octanol–water partition coefficient (Wildman–Crippen LogP) is 0.662. The van der Waals surface area contributed by atoms with Crippen LogP contribution in [0.25, 0.3) is 0 Å². The molecular weight excluding hydrogens is 202 g/mol. The van der Waals surface area contributed by atoms with Crippen molar-refractivity contribution >= 4 is 24.5 Å². The zero-order chi connectivity index (χ0) is 10.4. The summed E-state index contributed by atoms with van der Waals surface area (Å²) in [5, 5.41) is 11.5. The normalized spacial score (nSPS) is 12.1. The van der Waals surface area contributed by atoms with Crippen LogP contribution in [0.15, 0.2) is 18.5 Å². The third-order valence-corrected chi connectivity index (χ3v) is 1.84. The van der Waals surface area contributed by atoms with Gasteiger partial charge in [-0.15, -0.1) is 0 Å². The van der Waals surface area contributed by atoms with Crippen LogP contribution in [0.2, 0.25) is 0 Å². The maximum absolute atomic E-state index is 10.7. The van der Waals surface area contributed by atoms with E-state index in [0.717, 1.165) is 0 Å². The highest BCUT2D eigenvalue weighted by molar-refractivity contribution is 7.80. The summed E-state index contributed by atoms with van der Waals surface area (Å²) in [5.74, 6) is -0.107. The molecule has 0 bridgehead atoms. The number of nitrogens with zero attached hydrogens (tertiary/aromatic N) is 2. The first kappa shape index (κ1) is 10.8. The SMILES string of the molecule is O=C(O)C(CCS)Nc1ncccn1. The van der Waals surface area contributed by atoms with Crippen LogP contribution in [0.5, 0.6) is 0 Å². The van der Waals surface area contributed by atoms with Crippen LogP contribution in [0, 0.1) is 0 Å². The molecule has 1 rings (SSSR count). The molecule has 0 fully saturated rings. The molecule has 0 aliphatic heterocycles. The summed E-state index contributed by atoms with van der Waals surface area (Å²) in [6.07, 6.45) is 3.53. The smallest absolute Gasteiger partial charge is 0.326 e. The molecule has 1 aromatic rings. The maximum atomic E-state index is 10.7. The molecule has 6 heteroatoms. The van der Waals surface area contributed by atoms with Gasteiger partial charge in [0.25, 0.3) is 0 Å². The topological polar surface area (TPSA) is 75.1 Å². The first-order valence-corrected chi connectivity index (χ1v) is 4.74. The number of carbonyl (C=O) groups is 1. The van der Waals surface area contributed by atoms with Crippen molar-refractivity contribution in [3.8, 4) is 0 Å². The van der Waals surface area contributed by atoms with Crippen LogP contribution < -0.4 is 5.32 Å².